The molecule has 2 heterocycles. The van der Waals surface area contributed by atoms with Crippen LogP contribution in [0.4, 0.5) is 16.2 Å². The number of nitrogens with zero attached hydrogens (tertiary/aromatic N) is 2. The molecule has 1 atom stereocenters. The molecule has 2 saturated heterocycles. The second-order valence-electron chi connectivity index (χ2n) is 7.99. The van der Waals surface area contributed by atoms with Crippen LogP contribution in [0.3, 0.4) is 0 Å². The standard InChI is InChI=1S/C23H29N3O3/c1-28-22-8-6-20(7-9-22)26-21(16-29-23(26)27)15-25-12-10-18(11-13-25)14-17-2-4-19(24)5-3-17/h2-9,18,21H,10-16,24H2,1H3. The maximum atomic E-state index is 12.3. The summed E-state index contributed by atoms with van der Waals surface area (Å²) < 4.78 is 10.6. The van der Waals surface area contributed by atoms with Crippen LogP contribution in [0, 0.1) is 5.92 Å². The Morgan fingerprint density at radius 2 is 1.76 bits per heavy atom. The normalized spacial score (nSPS) is 20.7. The van der Waals surface area contributed by atoms with Crippen LogP contribution in [0.1, 0.15) is 18.4 Å². The molecule has 2 aromatic rings. The van der Waals surface area contributed by atoms with Gasteiger partial charge in [0.2, 0.25) is 0 Å². The molecule has 2 N–H and O–H groups in total. The molecule has 2 aliphatic rings. The van der Waals surface area contributed by atoms with Crippen LogP contribution in [-0.4, -0.2) is 50.4 Å². The van der Waals surface area contributed by atoms with Gasteiger partial charge in [0.25, 0.3) is 0 Å². The fraction of sp³-hybridized carbons (Fsp3) is 0.435. The molecule has 29 heavy (non-hydrogen) atoms. The van der Waals surface area contributed by atoms with Crippen molar-refractivity contribution in [3.63, 3.8) is 0 Å². The molecular weight excluding hydrogens is 366 g/mol. The minimum atomic E-state index is -0.265. The first-order valence-electron chi connectivity index (χ1n) is 10.3. The summed E-state index contributed by atoms with van der Waals surface area (Å²) in [5.41, 5.74) is 8.82. The van der Waals surface area contributed by atoms with Gasteiger partial charge < -0.3 is 20.1 Å². The average Bonchev–Trinajstić information content (AvgIpc) is 3.11. The highest BCUT2D eigenvalue weighted by atomic mass is 16.6. The van der Waals surface area contributed by atoms with Crippen LogP contribution in [0.5, 0.6) is 5.75 Å². The van der Waals surface area contributed by atoms with Gasteiger partial charge in [0.1, 0.15) is 12.4 Å². The number of likely N-dealkylation sites (tertiary alicyclic amines) is 1. The molecule has 6 nitrogen and oxygen atoms in total. The largest absolute Gasteiger partial charge is 0.497 e. The monoisotopic (exact) mass is 395 g/mol. The lowest BCUT2D eigenvalue weighted by Crippen LogP contribution is -2.45. The topological polar surface area (TPSA) is 68.0 Å². The molecule has 0 radical (unpaired) electrons. The number of hydrogen-bond donors (Lipinski definition) is 1. The number of hydrogen-bond acceptors (Lipinski definition) is 5. The second kappa shape index (κ2) is 8.74. The highest BCUT2D eigenvalue weighted by Gasteiger charge is 2.36. The number of ether oxygens (including phenoxy) is 2. The number of rotatable bonds is 6. The summed E-state index contributed by atoms with van der Waals surface area (Å²) in [6.07, 6.45) is 3.19. The summed E-state index contributed by atoms with van der Waals surface area (Å²) in [5.74, 6) is 1.48. The molecule has 0 saturated carbocycles. The van der Waals surface area contributed by atoms with Crippen molar-refractivity contribution in [2.45, 2.75) is 25.3 Å². The Morgan fingerprint density at radius 3 is 2.41 bits per heavy atom. The zero-order chi connectivity index (χ0) is 20.2. The third-order valence-electron chi connectivity index (χ3n) is 5.99. The number of methoxy groups -OCH3 is 1. The summed E-state index contributed by atoms with van der Waals surface area (Å²) in [6, 6.07) is 15.9. The zero-order valence-corrected chi connectivity index (χ0v) is 16.9. The van der Waals surface area contributed by atoms with E-state index in [1.807, 2.05) is 36.4 Å². The quantitative estimate of drug-likeness (QED) is 0.758. The van der Waals surface area contributed by atoms with Crippen LogP contribution in [0.15, 0.2) is 48.5 Å². The second-order valence-corrected chi connectivity index (χ2v) is 7.99. The SMILES string of the molecule is COc1ccc(N2C(=O)OCC2CN2CCC(Cc3ccc(N)cc3)CC2)cc1. The Labute approximate surface area is 172 Å². The molecule has 4 rings (SSSR count). The minimum Gasteiger partial charge on any atom is -0.497 e. The van der Waals surface area contributed by atoms with Gasteiger partial charge in [-0.3, -0.25) is 4.90 Å². The van der Waals surface area contributed by atoms with Crippen molar-refractivity contribution in [2.75, 3.05) is 44.0 Å². The molecular formula is C23H29N3O3. The summed E-state index contributed by atoms with van der Waals surface area (Å²) in [5, 5.41) is 0. The molecule has 6 heteroatoms. The highest BCUT2D eigenvalue weighted by molar-refractivity contribution is 5.90. The van der Waals surface area contributed by atoms with E-state index >= 15 is 0 Å². The fourth-order valence-corrected chi connectivity index (χ4v) is 4.31. The first-order chi connectivity index (χ1) is 14.1. The predicted octanol–water partition coefficient (Wildman–Crippen LogP) is 3.56. The Bertz CT molecular complexity index is 814. The Kier molecular flexibility index (Phi) is 5.90. The number of anilines is 2. The lowest BCUT2D eigenvalue weighted by molar-refractivity contribution is 0.160. The Balaban J connectivity index is 1.32. The summed E-state index contributed by atoms with van der Waals surface area (Å²) in [6.45, 7) is 3.39. The van der Waals surface area contributed by atoms with E-state index in [-0.39, 0.29) is 12.1 Å². The first kappa shape index (κ1) is 19.6. The third kappa shape index (κ3) is 4.65. The summed E-state index contributed by atoms with van der Waals surface area (Å²) in [7, 11) is 1.64. The zero-order valence-electron chi connectivity index (χ0n) is 16.9. The van der Waals surface area contributed by atoms with E-state index in [9.17, 15) is 4.79 Å². The molecule has 0 spiro atoms. The van der Waals surface area contributed by atoms with Crippen LogP contribution in [0.2, 0.25) is 0 Å². The third-order valence-corrected chi connectivity index (χ3v) is 5.99. The van der Waals surface area contributed by atoms with Crippen molar-refractivity contribution in [3.8, 4) is 5.75 Å². The predicted molar refractivity (Wildman–Crippen MR) is 114 cm³/mol. The van der Waals surface area contributed by atoms with Crippen molar-refractivity contribution in [1.29, 1.82) is 0 Å². The van der Waals surface area contributed by atoms with Gasteiger partial charge in [0.05, 0.1) is 13.2 Å². The number of piperidine rings is 1. The van der Waals surface area contributed by atoms with Crippen molar-refractivity contribution in [1.82, 2.24) is 4.90 Å². The number of benzene rings is 2. The molecule has 1 unspecified atom stereocenters. The van der Waals surface area contributed by atoms with E-state index < -0.39 is 0 Å². The fourth-order valence-electron chi connectivity index (χ4n) is 4.31. The maximum absolute atomic E-state index is 12.3. The number of nitrogens with two attached hydrogens (primary N) is 1. The Morgan fingerprint density at radius 1 is 1.07 bits per heavy atom. The number of amides is 1. The number of carbonyl (C=O) groups excluding carboxylic acids is 1. The first-order valence-corrected chi connectivity index (χ1v) is 10.3. The van der Waals surface area contributed by atoms with E-state index in [0.717, 1.165) is 43.2 Å². The highest BCUT2D eigenvalue weighted by Crippen LogP contribution is 2.28. The lowest BCUT2D eigenvalue weighted by Gasteiger charge is -2.34. The van der Waals surface area contributed by atoms with E-state index in [4.69, 9.17) is 15.2 Å². The van der Waals surface area contributed by atoms with Gasteiger partial charge in [-0.25, -0.2) is 4.79 Å². The van der Waals surface area contributed by atoms with Gasteiger partial charge >= 0.3 is 6.09 Å². The number of nitrogen functional groups attached to an aromatic ring is 1. The van der Waals surface area contributed by atoms with Crippen molar-refractivity contribution in [2.24, 2.45) is 5.92 Å². The van der Waals surface area contributed by atoms with Crippen molar-refractivity contribution < 1.29 is 14.3 Å². The Hall–Kier alpha value is -2.73. The van der Waals surface area contributed by atoms with E-state index in [1.54, 1.807) is 12.0 Å². The molecule has 0 aromatic heterocycles. The van der Waals surface area contributed by atoms with Crippen molar-refractivity contribution >= 4 is 17.5 Å². The van der Waals surface area contributed by atoms with Gasteiger partial charge in [0, 0.05) is 17.9 Å². The minimum absolute atomic E-state index is 0.0459. The molecule has 1 amide bonds. The molecule has 0 aliphatic carbocycles. The van der Waals surface area contributed by atoms with Gasteiger partial charge in [-0.1, -0.05) is 12.1 Å². The van der Waals surface area contributed by atoms with E-state index in [0.29, 0.717) is 12.5 Å². The van der Waals surface area contributed by atoms with Gasteiger partial charge in [0.15, 0.2) is 0 Å². The molecule has 2 aliphatic heterocycles. The summed E-state index contributed by atoms with van der Waals surface area (Å²) in [4.78, 5) is 16.5. The van der Waals surface area contributed by atoms with Crippen LogP contribution in [-0.2, 0) is 11.2 Å². The smallest absolute Gasteiger partial charge is 0.414 e. The molecule has 154 valence electrons. The van der Waals surface area contributed by atoms with Gasteiger partial charge in [-0.05, 0) is 80.2 Å². The van der Waals surface area contributed by atoms with Gasteiger partial charge in [-0.15, -0.1) is 0 Å². The number of cyclic esters (lactones) is 1. The molecule has 0 bridgehead atoms. The maximum Gasteiger partial charge on any atom is 0.414 e. The lowest BCUT2D eigenvalue weighted by atomic mass is 9.90. The van der Waals surface area contributed by atoms with E-state index in [2.05, 4.69) is 17.0 Å². The van der Waals surface area contributed by atoms with Crippen LogP contribution < -0.4 is 15.4 Å². The number of carbonyl (C=O) groups is 1. The van der Waals surface area contributed by atoms with E-state index in [1.165, 1.54) is 18.4 Å². The van der Waals surface area contributed by atoms with Gasteiger partial charge in [-0.2, -0.15) is 0 Å². The van der Waals surface area contributed by atoms with Crippen LogP contribution >= 0.6 is 0 Å². The van der Waals surface area contributed by atoms with Crippen LogP contribution in [0.25, 0.3) is 0 Å². The summed E-state index contributed by atoms with van der Waals surface area (Å²) >= 11 is 0. The molecule has 2 fully saturated rings. The van der Waals surface area contributed by atoms with Crippen molar-refractivity contribution in [3.05, 3.63) is 54.1 Å². The average molecular weight is 396 g/mol. The molecule has 2 aromatic carbocycles.